The topological polar surface area (TPSA) is 12.0 Å². The molecule has 0 unspecified atom stereocenters. The standard InChI is InChI=1S/C20H17F2N/c21-19-9-3-16(4-10-19)14-23-13-15-1-5-17(6-2-15)18-7-11-20(22)12-8-18/h1-12,23H,13-14H2. The average Bonchev–Trinajstić information content (AvgIpc) is 2.58. The van der Waals surface area contributed by atoms with Gasteiger partial charge in [-0.3, -0.25) is 0 Å². The predicted molar refractivity (Wildman–Crippen MR) is 88.8 cm³/mol. The predicted octanol–water partition coefficient (Wildman–Crippen LogP) is 4.92. The third-order valence-corrected chi connectivity index (χ3v) is 3.70. The molecule has 116 valence electrons. The minimum atomic E-state index is -0.227. The van der Waals surface area contributed by atoms with Gasteiger partial charge in [-0.05, 0) is 46.5 Å². The zero-order valence-corrected chi connectivity index (χ0v) is 12.6. The van der Waals surface area contributed by atoms with E-state index in [0.717, 1.165) is 28.8 Å². The molecule has 23 heavy (non-hydrogen) atoms. The summed E-state index contributed by atoms with van der Waals surface area (Å²) in [6, 6.07) is 21.1. The van der Waals surface area contributed by atoms with Crippen LogP contribution in [-0.4, -0.2) is 0 Å². The van der Waals surface area contributed by atoms with Crippen molar-refractivity contribution < 1.29 is 8.78 Å². The normalized spacial score (nSPS) is 10.7. The molecule has 3 rings (SSSR count). The van der Waals surface area contributed by atoms with Crippen molar-refractivity contribution in [3.8, 4) is 11.1 Å². The fourth-order valence-corrected chi connectivity index (χ4v) is 2.41. The molecular weight excluding hydrogens is 292 g/mol. The molecule has 0 spiro atoms. The lowest BCUT2D eigenvalue weighted by molar-refractivity contribution is 0.625. The Morgan fingerprint density at radius 2 is 0.870 bits per heavy atom. The van der Waals surface area contributed by atoms with E-state index in [4.69, 9.17) is 0 Å². The summed E-state index contributed by atoms with van der Waals surface area (Å²) in [7, 11) is 0. The molecule has 3 heteroatoms. The van der Waals surface area contributed by atoms with Gasteiger partial charge >= 0.3 is 0 Å². The van der Waals surface area contributed by atoms with Gasteiger partial charge in [0.25, 0.3) is 0 Å². The lowest BCUT2D eigenvalue weighted by atomic mass is 10.0. The molecule has 0 saturated carbocycles. The molecule has 1 N–H and O–H groups in total. The second kappa shape index (κ2) is 7.16. The number of hydrogen-bond donors (Lipinski definition) is 1. The van der Waals surface area contributed by atoms with Gasteiger partial charge in [0, 0.05) is 13.1 Å². The number of benzene rings is 3. The van der Waals surface area contributed by atoms with E-state index < -0.39 is 0 Å². The lowest BCUT2D eigenvalue weighted by Crippen LogP contribution is -2.12. The summed E-state index contributed by atoms with van der Waals surface area (Å²) in [4.78, 5) is 0. The van der Waals surface area contributed by atoms with Crippen LogP contribution < -0.4 is 5.32 Å². The van der Waals surface area contributed by atoms with E-state index in [1.807, 2.05) is 12.1 Å². The van der Waals surface area contributed by atoms with Crippen molar-refractivity contribution >= 4 is 0 Å². The van der Waals surface area contributed by atoms with Crippen molar-refractivity contribution in [1.82, 2.24) is 5.32 Å². The van der Waals surface area contributed by atoms with E-state index in [0.29, 0.717) is 6.54 Å². The summed E-state index contributed by atoms with van der Waals surface area (Å²) >= 11 is 0. The van der Waals surface area contributed by atoms with Crippen LogP contribution in [0.5, 0.6) is 0 Å². The first kappa shape index (κ1) is 15.4. The number of nitrogens with one attached hydrogen (secondary N) is 1. The largest absolute Gasteiger partial charge is 0.309 e. The van der Waals surface area contributed by atoms with E-state index in [1.165, 1.54) is 24.3 Å². The highest BCUT2D eigenvalue weighted by molar-refractivity contribution is 5.63. The third-order valence-electron chi connectivity index (χ3n) is 3.70. The maximum Gasteiger partial charge on any atom is 0.123 e. The van der Waals surface area contributed by atoms with Crippen molar-refractivity contribution in [1.29, 1.82) is 0 Å². The van der Waals surface area contributed by atoms with Crippen LogP contribution in [0.2, 0.25) is 0 Å². The van der Waals surface area contributed by atoms with Gasteiger partial charge in [0.05, 0.1) is 0 Å². The van der Waals surface area contributed by atoms with Gasteiger partial charge in [0.2, 0.25) is 0 Å². The summed E-state index contributed by atoms with van der Waals surface area (Å²) in [6.45, 7) is 1.43. The Labute approximate surface area is 134 Å². The van der Waals surface area contributed by atoms with Crippen LogP contribution in [0.15, 0.2) is 72.8 Å². The molecule has 0 atom stereocenters. The van der Waals surface area contributed by atoms with E-state index in [1.54, 1.807) is 24.3 Å². The maximum absolute atomic E-state index is 12.9. The summed E-state index contributed by atoms with van der Waals surface area (Å²) in [5.74, 6) is -0.444. The van der Waals surface area contributed by atoms with Crippen LogP contribution in [0.3, 0.4) is 0 Å². The van der Waals surface area contributed by atoms with Gasteiger partial charge in [-0.1, -0.05) is 48.5 Å². The quantitative estimate of drug-likeness (QED) is 0.705. The van der Waals surface area contributed by atoms with Gasteiger partial charge in [0.1, 0.15) is 11.6 Å². The fraction of sp³-hybridized carbons (Fsp3) is 0.100. The fourth-order valence-electron chi connectivity index (χ4n) is 2.41. The summed E-state index contributed by atoms with van der Waals surface area (Å²) in [5, 5.41) is 3.33. The monoisotopic (exact) mass is 309 g/mol. The highest BCUT2D eigenvalue weighted by atomic mass is 19.1. The Bertz CT molecular complexity index is 747. The smallest absolute Gasteiger partial charge is 0.123 e. The molecule has 0 aromatic heterocycles. The Morgan fingerprint density at radius 1 is 0.522 bits per heavy atom. The van der Waals surface area contributed by atoms with Crippen LogP contribution >= 0.6 is 0 Å². The van der Waals surface area contributed by atoms with Crippen molar-refractivity contribution in [3.05, 3.63) is 95.6 Å². The molecule has 0 aliphatic heterocycles. The Hall–Kier alpha value is -2.52. The second-order valence-electron chi connectivity index (χ2n) is 5.43. The molecule has 1 nitrogen and oxygen atoms in total. The zero-order valence-electron chi connectivity index (χ0n) is 12.6. The average molecular weight is 309 g/mol. The lowest BCUT2D eigenvalue weighted by Gasteiger charge is -2.07. The van der Waals surface area contributed by atoms with Crippen molar-refractivity contribution in [3.63, 3.8) is 0 Å². The molecule has 3 aromatic carbocycles. The van der Waals surface area contributed by atoms with Crippen LogP contribution in [0.25, 0.3) is 11.1 Å². The Kier molecular flexibility index (Phi) is 4.79. The molecule has 0 saturated heterocycles. The van der Waals surface area contributed by atoms with Gasteiger partial charge in [-0.25, -0.2) is 8.78 Å². The first-order chi connectivity index (χ1) is 11.2. The van der Waals surface area contributed by atoms with E-state index in [9.17, 15) is 8.78 Å². The molecule has 0 aliphatic rings. The molecule has 3 aromatic rings. The van der Waals surface area contributed by atoms with Gasteiger partial charge in [-0.15, -0.1) is 0 Å². The van der Waals surface area contributed by atoms with E-state index >= 15 is 0 Å². The molecule has 0 aliphatic carbocycles. The van der Waals surface area contributed by atoms with Gasteiger partial charge < -0.3 is 5.32 Å². The Balaban J connectivity index is 1.57. The summed E-state index contributed by atoms with van der Waals surface area (Å²) < 4.78 is 25.8. The second-order valence-corrected chi connectivity index (χ2v) is 5.43. The van der Waals surface area contributed by atoms with Crippen LogP contribution in [0, 0.1) is 11.6 Å². The molecule has 0 amide bonds. The van der Waals surface area contributed by atoms with E-state index in [2.05, 4.69) is 17.4 Å². The van der Waals surface area contributed by atoms with Crippen LogP contribution in [-0.2, 0) is 13.1 Å². The molecule has 0 radical (unpaired) electrons. The van der Waals surface area contributed by atoms with Crippen molar-refractivity contribution in [2.24, 2.45) is 0 Å². The van der Waals surface area contributed by atoms with Crippen LogP contribution in [0.4, 0.5) is 8.78 Å². The highest BCUT2D eigenvalue weighted by Gasteiger charge is 1.99. The molecular formula is C20H17F2N. The van der Waals surface area contributed by atoms with E-state index in [-0.39, 0.29) is 11.6 Å². The summed E-state index contributed by atoms with van der Waals surface area (Å²) in [6.07, 6.45) is 0. The first-order valence-electron chi connectivity index (χ1n) is 7.51. The van der Waals surface area contributed by atoms with Gasteiger partial charge in [0.15, 0.2) is 0 Å². The first-order valence-corrected chi connectivity index (χ1v) is 7.51. The summed E-state index contributed by atoms with van der Waals surface area (Å²) in [5.41, 5.74) is 4.27. The van der Waals surface area contributed by atoms with Crippen LogP contribution in [0.1, 0.15) is 11.1 Å². The SMILES string of the molecule is Fc1ccc(CNCc2ccc(-c3ccc(F)cc3)cc2)cc1. The van der Waals surface area contributed by atoms with Gasteiger partial charge in [-0.2, -0.15) is 0 Å². The molecule has 0 bridgehead atoms. The number of rotatable bonds is 5. The number of hydrogen-bond acceptors (Lipinski definition) is 1. The minimum absolute atomic E-state index is 0.217. The zero-order chi connectivity index (χ0) is 16.1. The Morgan fingerprint density at radius 3 is 1.35 bits per heavy atom. The van der Waals surface area contributed by atoms with Crippen molar-refractivity contribution in [2.45, 2.75) is 13.1 Å². The molecule has 0 heterocycles. The highest BCUT2D eigenvalue weighted by Crippen LogP contribution is 2.20. The maximum atomic E-state index is 12.9. The third kappa shape index (κ3) is 4.24. The molecule has 0 fully saturated rings. The number of halogens is 2. The van der Waals surface area contributed by atoms with Crippen molar-refractivity contribution in [2.75, 3.05) is 0 Å². The minimum Gasteiger partial charge on any atom is -0.309 e.